The Morgan fingerprint density at radius 3 is 3.28 bits per heavy atom. The molecule has 18 heavy (non-hydrogen) atoms. The molecule has 2 heterocycles. The van der Waals surface area contributed by atoms with Crippen molar-refractivity contribution in [3.63, 3.8) is 0 Å². The lowest BCUT2D eigenvalue weighted by molar-refractivity contribution is 0.316. The summed E-state index contributed by atoms with van der Waals surface area (Å²) in [6.45, 7) is 1.61. The molecule has 0 saturated heterocycles. The SMILES string of the molecule is N/C(CCCc1ccc2c(n1)NCCCO2)=N\O. The molecule has 6 heteroatoms. The van der Waals surface area contributed by atoms with Gasteiger partial charge >= 0.3 is 0 Å². The van der Waals surface area contributed by atoms with Gasteiger partial charge in [-0.3, -0.25) is 0 Å². The molecule has 0 atom stereocenters. The van der Waals surface area contributed by atoms with Crippen LogP contribution in [0.2, 0.25) is 0 Å². The van der Waals surface area contributed by atoms with Crippen LogP contribution in [0, 0.1) is 0 Å². The number of nitrogens with zero attached hydrogens (tertiary/aromatic N) is 2. The Labute approximate surface area is 106 Å². The highest BCUT2D eigenvalue weighted by molar-refractivity contribution is 5.79. The van der Waals surface area contributed by atoms with Crippen molar-refractivity contribution in [2.24, 2.45) is 10.9 Å². The zero-order valence-electron chi connectivity index (χ0n) is 10.2. The number of pyridine rings is 1. The molecule has 2 rings (SSSR count). The first-order valence-electron chi connectivity index (χ1n) is 6.12. The van der Waals surface area contributed by atoms with Crippen LogP contribution in [0.5, 0.6) is 5.75 Å². The van der Waals surface area contributed by atoms with Crippen molar-refractivity contribution in [1.82, 2.24) is 4.98 Å². The fraction of sp³-hybridized carbons (Fsp3) is 0.500. The minimum Gasteiger partial charge on any atom is -0.490 e. The molecular weight excluding hydrogens is 232 g/mol. The summed E-state index contributed by atoms with van der Waals surface area (Å²) in [6.07, 6.45) is 3.15. The third-order valence-corrected chi connectivity index (χ3v) is 2.78. The number of ether oxygens (including phenoxy) is 1. The lowest BCUT2D eigenvalue weighted by Gasteiger charge is -2.08. The smallest absolute Gasteiger partial charge is 0.169 e. The first-order valence-corrected chi connectivity index (χ1v) is 6.12. The molecule has 0 saturated carbocycles. The van der Waals surface area contributed by atoms with Gasteiger partial charge in [-0.2, -0.15) is 0 Å². The van der Waals surface area contributed by atoms with Crippen LogP contribution >= 0.6 is 0 Å². The van der Waals surface area contributed by atoms with Gasteiger partial charge in [-0.15, -0.1) is 0 Å². The Kier molecular flexibility index (Phi) is 4.22. The number of nitrogens with one attached hydrogen (secondary N) is 1. The number of anilines is 1. The summed E-state index contributed by atoms with van der Waals surface area (Å²) in [7, 11) is 0. The van der Waals surface area contributed by atoms with Crippen molar-refractivity contribution in [1.29, 1.82) is 0 Å². The summed E-state index contributed by atoms with van der Waals surface area (Å²) in [5.74, 6) is 1.88. The Hall–Kier alpha value is -1.98. The molecule has 1 aliphatic heterocycles. The van der Waals surface area contributed by atoms with E-state index in [-0.39, 0.29) is 5.84 Å². The predicted octanol–water partition coefficient (Wildman–Crippen LogP) is 1.35. The Morgan fingerprint density at radius 2 is 2.44 bits per heavy atom. The maximum atomic E-state index is 8.44. The van der Waals surface area contributed by atoms with Crippen molar-refractivity contribution < 1.29 is 9.94 Å². The second kappa shape index (κ2) is 6.09. The molecule has 1 aliphatic rings. The van der Waals surface area contributed by atoms with E-state index in [0.717, 1.165) is 49.7 Å². The van der Waals surface area contributed by atoms with Gasteiger partial charge in [0.05, 0.1) is 6.61 Å². The summed E-state index contributed by atoms with van der Waals surface area (Å²) >= 11 is 0. The summed E-state index contributed by atoms with van der Waals surface area (Å²) in [6, 6.07) is 3.90. The maximum absolute atomic E-state index is 8.44. The van der Waals surface area contributed by atoms with Crippen LogP contribution in [0.25, 0.3) is 0 Å². The standard InChI is InChI=1S/C12H18N4O2/c13-11(16-17)4-1-3-9-5-6-10-12(15-9)14-7-2-8-18-10/h5-6,17H,1-4,7-8H2,(H2,13,16)(H,14,15). The minimum atomic E-state index is 0.256. The number of fused-ring (bicyclic) bond motifs is 1. The molecule has 0 bridgehead atoms. The molecule has 0 unspecified atom stereocenters. The molecule has 0 spiro atoms. The third kappa shape index (κ3) is 3.26. The molecule has 4 N–H and O–H groups in total. The van der Waals surface area contributed by atoms with Crippen molar-refractivity contribution in [2.45, 2.75) is 25.7 Å². The molecular formula is C12H18N4O2. The van der Waals surface area contributed by atoms with Crippen molar-refractivity contribution in [3.05, 3.63) is 17.8 Å². The van der Waals surface area contributed by atoms with Gasteiger partial charge in [0.2, 0.25) is 0 Å². The Morgan fingerprint density at radius 1 is 1.56 bits per heavy atom. The third-order valence-electron chi connectivity index (χ3n) is 2.78. The van der Waals surface area contributed by atoms with E-state index in [9.17, 15) is 0 Å². The van der Waals surface area contributed by atoms with E-state index in [4.69, 9.17) is 15.7 Å². The zero-order chi connectivity index (χ0) is 12.8. The first kappa shape index (κ1) is 12.5. The Balaban J connectivity index is 1.95. The number of aryl methyl sites for hydroxylation is 1. The molecule has 1 aromatic heterocycles. The molecule has 0 aliphatic carbocycles. The van der Waals surface area contributed by atoms with E-state index in [1.54, 1.807) is 0 Å². The van der Waals surface area contributed by atoms with Gasteiger partial charge in [0.1, 0.15) is 5.84 Å². The topological polar surface area (TPSA) is 92.8 Å². The summed E-state index contributed by atoms with van der Waals surface area (Å²) in [4.78, 5) is 4.52. The van der Waals surface area contributed by atoms with Gasteiger partial charge < -0.3 is 21.0 Å². The van der Waals surface area contributed by atoms with Gasteiger partial charge in [-0.05, 0) is 31.4 Å². The van der Waals surface area contributed by atoms with Gasteiger partial charge in [0.15, 0.2) is 11.6 Å². The van der Waals surface area contributed by atoms with E-state index >= 15 is 0 Å². The lowest BCUT2D eigenvalue weighted by atomic mass is 10.1. The molecule has 0 aromatic carbocycles. The predicted molar refractivity (Wildman–Crippen MR) is 69.2 cm³/mol. The second-order valence-corrected chi connectivity index (χ2v) is 4.22. The van der Waals surface area contributed by atoms with E-state index in [0.29, 0.717) is 6.42 Å². The summed E-state index contributed by atoms with van der Waals surface area (Å²) in [5, 5.41) is 14.6. The van der Waals surface area contributed by atoms with Crippen LogP contribution in [0.4, 0.5) is 5.82 Å². The molecule has 98 valence electrons. The summed E-state index contributed by atoms with van der Waals surface area (Å²) in [5.41, 5.74) is 6.40. The summed E-state index contributed by atoms with van der Waals surface area (Å²) < 4.78 is 5.57. The highest BCUT2D eigenvalue weighted by Crippen LogP contribution is 2.24. The van der Waals surface area contributed by atoms with Crippen molar-refractivity contribution >= 4 is 11.7 Å². The fourth-order valence-corrected chi connectivity index (χ4v) is 1.83. The van der Waals surface area contributed by atoms with E-state index < -0.39 is 0 Å². The van der Waals surface area contributed by atoms with Crippen molar-refractivity contribution in [3.8, 4) is 5.75 Å². The Bertz CT molecular complexity index is 434. The van der Waals surface area contributed by atoms with E-state index in [1.165, 1.54) is 0 Å². The number of aromatic nitrogens is 1. The van der Waals surface area contributed by atoms with Crippen LogP contribution in [-0.2, 0) is 6.42 Å². The largest absolute Gasteiger partial charge is 0.490 e. The average Bonchev–Trinajstić information content (AvgIpc) is 2.63. The minimum absolute atomic E-state index is 0.256. The van der Waals surface area contributed by atoms with E-state index in [2.05, 4.69) is 15.5 Å². The van der Waals surface area contributed by atoms with E-state index in [1.807, 2.05) is 12.1 Å². The molecule has 0 amide bonds. The maximum Gasteiger partial charge on any atom is 0.169 e. The number of hydrogen-bond donors (Lipinski definition) is 3. The van der Waals surface area contributed by atoms with Crippen molar-refractivity contribution in [2.75, 3.05) is 18.5 Å². The fourth-order valence-electron chi connectivity index (χ4n) is 1.83. The highest BCUT2D eigenvalue weighted by atomic mass is 16.5. The average molecular weight is 250 g/mol. The van der Waals surface area contributed by atoms with Crippen LogP contribution in [0.3, 0.4) is 0 Å². The molecule has 6 nitrogen and oxygen atoms in total. The number of nitrogens with two attached hydrogens (primary N) is 1. The van der Waals surface area contributed by atoms with Crippen LogP contribution < -0.4 is 15.8 Å². The van der Waals surface area contributed by atoms with Crippen LogP contribution in [0.1, 0.15) is 25.0 Å². The number of hydrogen-bond acceptors (Lipinski definition) is 5. The monoisotopic (exact) mass is 250 g/mol. The number of oxime groups is 1. The van der Waals surface area contributed by atoms with Crippen LogP contribution in [0.15, 0.2) is 17.3 Å². The normalized spacial score (nSPS) is 15.2. The molecule has 1 aromatic rings. The lowest BCUT2D eigenvalue weighted by Crippen LogP contribution is -2.11. The van der Waals surface area contributed by atoms with Gasteiger partial charge in [0, 0.05) is 18.7 Å². The first-order chi connectivity index (χ1) is 8.79. The second-order valence-electron chi connectivity index (χ2n) is 4.22. The van der Waals surface area contributed by atoms with Gasteiger partial charge in [0.25, 0.3) is 0 Å². The zero-order valence-corrected chi connectivity index (χ0v) is 10.2. The highest BCUT2D eigenvalue weighted by Gasteiger charge is 2.10. The molecule has 0 fully saturated rings. The number of rotatable bonds is 4. The van der Waals surface area contributed by atoms with Gasteiger partial charge in [-0.25, -0.2) is 4.98 Å². The molecule has 0 radical (unpaired) electrons. The van der Waals surface area contributed by atoms with Gasteiger partial charge in [-0.1, -0.05) is 5.16 Å². The van der Waals surface area contributed by atoms with Crippen LogP contribution in [-0.4, -0.2) is 29.2 Å². The quantitative estimate of drug-likeness (QED) is 0.324. The number of amidine groups is 1.